The smallest absolute Gasteiger partial charge is 0.136 e. The summed E-state index contributed by atoms with van der Waals surface area (Å²) in [6.45, 7) is 2.06. The van der Waals surface area contributed by atoms with Crippen molar-refractivity contribution < 1.29 is 4.42 Å². The van der Waals surface area contributed by atoms with Crippen LogP contribution in [-0.4, -0.2) is 18.1 Å². The van der Waals surface area contributed by atoms with Crippen LogP contribution in [-0.2, 0) is 0 Å². The molecule has 0 saturated heterocycles. The molecule has 6 rings (SSSR count). The summed E-state index contributed by atoms with van der Waals surface area (Å²) in [7, 11) is 0. The second-order valence-corrected chi connectivity index (χ2v) is 7.16. The second-order valence-electron chi connectivity index (χ2n) is 7.16. The summed E-state index contributed by atoms with van der Waals surface area (Å²) in [4.78, 5) is 8.73. The van der Waals surface area contributed by atoms with Gasteiger partial charge in [0.15, 0.2) is 0 Å². The van der Waals surface area contributed by atoms with Crippen LogP contribution in [0.2, 0.25) is 0 Å². The highest BCUT2D eigenvalue weighted by Crippen LogP contribution is 2.34. The van der Waals surface area contributed by atoms with Gasteiger partial charge in [-0.25, -0.2) is 4.99 Å². The summed E-state index contributed by atoms with van der Waals surface area (Å²) in [6, 6.07) is 23.8. The third-order valence-electron chi connectivity index (χ3n) is 5.47. The quantitative estimate of drug-likeness (QED) is 0.337. The molecule has 5 aromatic rings. The van der Waals surface area contributed by atoms with E-state index in [0.717, 1.165) is 33.2 Å². The highest BCUT2D eigenvalue weighted by atomic mass is 16.3. The number of rotatable bonds is 1. The largest absolute Gasteiger partial charge is 0.456 e. The van der Waals surface area contributed by atoms with Crippen molar-refractivity contribution in [3.05, 3.63) is 72.3 Å². The van der Waals surface area contributed by atoms with Gasteiger partial charge in [0.05, 0.1) is 11.8 Å². The summed E-state index contributed by atoms with van der Waals surface area (Å²) in [5, 5.41) is 7.22. The first kappa shape index (κ1) is 14.7. The predicted octanol–water partition coefficient (Wildman–Crippen LogP) is 6.11. The van der Waals surface area contributed by atoms with Gasteiger partial charge < -0.3 is 4.42 Å². The van der Waals surface area contributed by atoms with Crippen LogP contribution in [0, 0.1) is 0 Å². The van der Waals surface area contributed by atoms with Crippen LogP contribution < -0.4 is 0 Å². The molecule has 0 aliphatic carbocycles. The fourth-order valence-electron chi connectivity index (χ4n) is 4.06. The Hall–Kier alpha value is -3.46. The van der Waals surface area contributed by atoms with Crippen molar-refractivity contribution in [1.82, 2.24) is 0 Å². The minimum absolute atomic E-state index is 0.0989. The molecule has 0 bridgehead atoms. The summed E-state index contributed by atoms with van der Waals surface area (Å²) in [6.07, 6.45) is 1.64. The Morgan fingerprint density at radius 1 is 0.741 bits per heavy atom. The van der Waals surface area contributed by atoms with Gasteiger partial charge in [0.25, 0.3) is 0 Å². The van der Waals surface area contributed by atoms with Crippen molar-refractivity contribution in [1.29, 1.82) is 0 Å². The first-order chi connectivity index (χ1) is 13.3. The molecule has 27 heavy (non-hydrogen) atoms. The van der Waals surface area contributed by atoms with Crippen LogP contribution in [0.4, 0.5) is 0 Å². The topological polar surface area (TPSA) is 37.9 Å². The van der Waals surface area contributed by atoms with Gasteiger partial charge in [-0.3, -0.25) is 4.99 Å². The van der Waals surface area contributed by atoms with Gasteiger partial charge in [0, 0.05) is 16.3 Å². The average molecular weight is 348 g/mol. The molecule has 2 heterocycles. The standard InChI is InChI=1S/C24H16N2O/c1-14-24(26-13-25-14)17-6-7-20-21-10-18-8-15-4-2-3-5-16(15)9-19(18)12-23(21)27-22(20)11-17/h2-14H,1H3. The molecule has 3 nitrogen and oxygen atoms in total. The fraction of sp³-hybridized carbons (Fsp3) is 0.0833. The maximum atomic E-state index is 6.21. The third kappa shape index (κ3) is 2.15. The SMILES string of the molecule is CC1N=CN=C1c1ccc2c(c1)oc1cc3cc4ccccc4cc3cc12. The van der Waals surface area contributed by atoms with Gasteiger partial charge in [-0.1, -0.05) is 30.3 Å². The average Bonchev–Trinajstić information content (AvgIpc) is 3.26. The molecule has 0 N–H and O–H groups in total. The second kappa shape index (κ2) is 5.27. The van der Waals surface area contributed by atoms with Crippen LogP contribution in [0.1, 0.15) is 12.5 Å². The molecule has 4 aromatic carbocycles. The Bertz CT molecular complexity index is 1440. The van der Waals surface area contributed by atoms with E-state index in [2.05, 4.69) is 83.6 Å². The van der Waals surface area contributed by atoms with Crippen molar-refractivity contribution >= 4 is 55.5 Å². The molecule has 0 amide bonds. The molecule has 0 spiro atoms. The highest BCUT2D eigenvalue weighted by molar-refractivity contribution is 6.15. The van der Waals surface area contributed by atoms with Gasteiger partial charge in [-0.15, -0.1) is 0 Å². The van der Waals surface area contributed by atoms with E-state index < -0.39 is 0 Å². The maximum Gasteiger partial charge on any atom is 0.136 e. The van der Waals surface area contributed by atoms with Crippen LogP contribution in [0.3, 0.4) is 0 Å². The molecule has 3 heteroatoms. The Morgan fingerprint density at radius 2 is 1.48 bits per heavy atom. The number of benzene rings is 4. The molecule has 1 atom stereocenters. The van der Waals surface area contributed by atoms with Crippen molar-refractivity contribution in [2.75, 3.05) is 0 Å². The fourth-order valence-corrected chi connectivity index (χ4v) is 4.06. The van der Waals surface area contributed by atoms with Crippen molar-refractivity contribution in [3.63, 3.8) is 0 Å². The lowest BCUT2D eigenvalue weighted by Crippen LogP contribution is -2.12. The normalized spacial score (nSPS) is 16.8. The molecule has 1 aliphatic heterocycles. The maximum absolute atomic E-state index is 6.21. The lowest BCUT2D eigenvalue weighted by Gasteiger charge is -2.05. The Morgan fingerprint density at radius 3 is 2.22 bits per heavy atom. The number of furan rings is 1. The predicted molar refractivity (Wildman–Crippen MR) is 113 cm³/mol. The van der Waals surface area contributed by atoms with E-state index in [0.29, 0.717) is 0 Å². The van der Waals surface area contributed by atoms with E-state index in [9.17, 15) is 0 Å². The number of hydrogen-bond acceptors (Lipinski definition) is 3. The zero-order valence-electron chi connectivity index (χ0n) is 14.8. The molecule has 0 radical (unpaired) electrons. The number of aliphatic imine (C=N–C) groups is 2. The minimum atomic E-state index is 0.0989. The lowest BCUT2D eigenvalue weighted by atomic mass is 10.0. The monoisotopic (exact) mass is 348 g/mol. The highest BCUT2D eigenvalue weighted by Gasteiger charge is 2.17. The van der Waals surface area contributed by atoms with Gasteiger partial charge in [-0.2, -0.15) is 0 Å². The summed E-state index contributed by atoms with van der Waals surface area (Å²) in [5.41, 5.74) is 3.88. The van der Waals surface area contributed by atoms with Crippen molar-refractivity contribution in [3.8, 4) is 0 Å². The van der Waals surface area contributed by atoms with Gasteiger partial charge in [-0.05, 0) is 64.9 Å². The van der Waals surface area contributed by atoms with E-state index in [1.807, 2.05) is 0 Å². The zero-order valence-corrected chi connectivity index (χ0v) is 14.8. The number of nitrogens with zero attached hydrogens (tertiary/aromatic N) is 2. The van der Waals surface area contributed by atoms with Crippen molar-refractivity contribution in [2.24, 2.45) is 9.98 Å². The Labute approximate surface area is 155 Å². The minimum Gasteiger partial charge on any atom is -0.456 e. The van der Waals surface area contributed by atoms with Crippen LogP contribution in [0.5, 0.6) is 0 Å². The van der Waals surface area contributed by atoms with E-state index in [-0.39, 0.29) is 6.04 Å². The zero-order chi connectivity index (χ0) is 18.0. The van der Waals surface area contributed by atoms with E-state index in [1.165, 1.54) is 21.5 Å². The van der Waals surface area contributed by atoms with Crippen molar-refractivity contribution in [2.45, 2.75) is 13.0 Å². The summed E-state index contributed by atoms with van der Waals surface area (Å²) >= 11 is 0. The molecule has 128 valence electrons. The summed E-state index contributed by atoms with van der Waals surface area (Å²) in [5.74, 6) is 0. The lowest BCUT2D eigenvalue weighted by molar-refractivity contribution is 0.669. The number of fused-ring (bicyclic) bond motifs is 5. The summed E-state index contributed by atoms with van der Waals surface area (Å²) < 4.78 is 6.21. The first-order valence-corrected chi connectivity index (χ1v) is 9.15. The van der Waals surface area contributed by atoms with Crippen LogP contribution >= 0.6 is 0 Å². The van der Waals surface area contributed by atoms with E-state index >= 15 is 0 Å². The van der Waals surface area contributed by atoms with Crippen LogP contribution in [0.25, 0.3) is 43.5 Å². The molecular formula is C24H16N2O. The molecule has 1 aromatic heterocycles. The van der Waals surface area contributed by atoms with Gasteiger partial charge >= 0.3 is 0 Å². The van der Waals surface area contributed by atoms with Gasteiger partial charge in [0.2, 0.25) is 0 Å². The number of hydrogen-bond donors (Lipinski definition) is 0. The Balaban J connectivity index is 1.61. The van der Waals surface area contributed by atoms with Crippen LogP contribution in [0.15, 0.2) is 81.1 Å². The van der Waals surface area contributed by atoms with E-state index in [4.69, 9.17) is 4.42 Å². The molecule has 1 unspecified atom stereocenters. The molecule has 0 fully saturated rings. The molecule has 1 aliphatic rings. The first-order valence-electron chi connectivity index (χ1n) is 9.15. The van der Waals surface area contributed by atoms with Gasteiger partial charge in [0.1, 0.15) is 17.5 Å². The third-order valence-corrected chi connectivity index (χ3v) is 5.47. The Kier molecular flexibility index (Phi) is 2.87. The molecule has 0 saturated carbocycles. The van der Waals surface area contributed by atoms with E-state index in [1.54, 1.807) is 6.34 Å². The molecular weight excluding hydrogens is 332 g/mol.